The fourth-order valence-electron chi connectivity index (χ4n) is 1.95. The summed E-state index contributed by atoms with van der Waals surface area (Å²) in [4.78, 5) is 29.2. The number of aliphatic carboxylic acids is 1. The maximum absolute atomic E-state index is 11.7. The van der Waals surface area contributed by atoms with Crippen LogP contribution >= 0.6 is 0 Å². The highest BCUT2D eigenvalue weighted by Gasteiger charge is 2.10. The Morgan fingerprint density at radius 3 is 2.77 bits per heavy atom. The summed E-state index contributed by atoms with van der Waals surface area (Å²) < 4.78 is 0. The van der Waals surface area contributed by atoms with Gasteiger partial charge in [-0.15, -0.1) is 0 Å². The number of nitrogens with zero attached hydrogens (tertiary/aromatic N) is 1. The lowest BCUT2D eigenvalue weighted by Gasteiger charge is -2.09. The molecule has 0 spiro atoms. The maximum atomic E-state index is 11.7. The first kappa shape index (κ1) is 15.7. The molecule has 2 rings (SSSR count). The van der Waals surface area contributed by atoms with Gasteiger partial charge in [0, 0.05) is 18.2 Å². The van der Waals surface area contributed by atoms with E-state index in [2.05, 4.69) is 15.3 Å². The molecule has 1 atom stereocenters. The Balaban J connectivity index is 1.99. The van der Waals surface area contributed by atoms with Crippen molar-refractivity contribution < 1.29 is 9.90 Å². The van der Waals surface area contributed by atoms with Gasteiger partial charge in [-0.2, -0.15) is 0 Å². The van der Waals surface area contributed by atoms with Crippen LogP contribution in [0.3, 0.4) is 0 Å². The lowest BCUT2D eigenvalue weighted by Crippen LogP contribution is -2.30. The zero-order valence-electron chi connectivity index (χ0n) is 12.0. The van der Waals surface area contributed by atoms with Gasteiger partial charge >= 0.3 is 5.97 Å². The molecule has 0 unspecified atom stereocenters. The van der Waals surface area contributed by atoms with E-state index in [9.17, 15) is 9.59 Å². The van der Waals surface area contributed by atoms with E-state index in [-0.39, 0.29) is 5.56 Å². The Labute approximate surface area is 127 Å². The summed E-state index contributed by atoms with van der Waals surface area (Å²) >= 11 is 0. The van der Waals surface area contributed by atoms with E-state index >= 15 is 0 Å². The number of aromatic amines is 1. The average Bonchev–Trinajstić information content (AvgIpc) is 2.51. The summed E-state index contributed by atoms with van der Waals surface area (Å²) in [6, 6.07) is 9.94. The molecular weight excluding hydrogens is 284 g/mol. The molecule has 5 N–H and O–H groups in total. The third kappa shape index (κ3) is 4.42. The quantitative estimate of drug-likeness (QED) is 0.567. The lowest BCUT2D eigenvalue weighted by molar-refractivity contribution is -0.138. The van der Waals surface area contributed by atoms with Crippen LogP contribution in [0.25, 0.3) is 11.3 Å². The van der Waals surface area contributed by atoms with Crippen molar-refractivity contribution in [3.8, 4) is 11.3 Å². The number of carboxylic acids is 1. The molecule has 0 aliphatic heterocycles. The van der Waals surface area contributed by atoms with Crippen LogP contribution < -0.4 is 16.6 Å². The topological polar surface area (TPSA) is 121 Å². The van der Waals surface area contributed by atoms with Gasteiger partial charge in [-0.1, -0.05) is 30.3 Å². The predicted molar refractivity (Wildman–Crippen MR) is 83.6 cm³/mol. The SMILES string of the molecule is N[C@@H](CCCNc1nc(-c2ccccc2)cc(=O)[nH]1)C(=O)O. The molecule has 1 aromatic heterocycles. The summed E-state index contributed by atoms with van der Waals surface area (Å²) in [5.41, 5.74) is 6.60. The van der Waals surface area contributed by atoms with Gasteiger partial charge in [0.05, 0.1) is 5.69 Å². The standard InChI is InChI=1S/C15H18N4O3/c16-11(14(21)22)7-4-8-17-15-18-12(9-13(20)19-15)10-5-2-1-3-6-10/h1-3,5-6,9,11H,4,7-8,16H2,(H,21,22)(H2,17,18,19,20)/t11-/m0/s1. The second-order valence-electron chi connectivity index (χ2n) is 4.86. The van der Waals surface area contributed by atoms with Crippen LogP contribution in [-0.4, -0.2) is 33.6 Å². The number of carboxylic acid groups (broad SMARTS) is 1. The van der Waals surface area contributed by atoms with E-state index < -0.39 is 12.0 Å². The first-order valence-corrected chi connectivity index (χ1v) is 6.95. The van der Waals surface area contributed by atoms with Gasteiger partial charge in [-0.05, 0) is 12.8 Å². The Kier molecular flexibility index (Phi) is 5.26. The van der Waals surface area contributed by atoms with Crippen LogP contribution in [0.1, 0.15) is 12.8 Å². The predicted octanol–water partition coefficient (Wildman–Crippen LogP) is 1.04. The Morgan fingerprint density at radius 2 is 2.09 bits per heavy atom. The lowest BCUT2D eigenvalue weighted by atomic mass is 10.1. The molecule has 0 fully saturated rings. The molecule has 0 amide bonds. The molecule has 0 saturated carbocycles. The molecule has 1 aromatic carbocycles. The van der Waals surface area contributed by atoms with Crippen molar-refractivity contribution in [1.82, 2.24) is 9.97 Å². The van der Waals surface area contributed by atoms with E-state index in [1.165, 1.54) is 6.07 Å². The number of nitrogens with one attached hydrogen (secondary N) is 2. The molecule has 0 aliphatic rings. The number of hydrogen-bond donors (Lipinski definition) is 4. The molecule has 1 heterocycles. The second kappa shape index (κ2) is 7.37. The fourth-order valence-corrected chi connectivity index (χ4v) is 1.95. The molecule has 22 heavy (non-hydrogen) atoms. The molecular formula is C15H18N4O3. The van der Waals surface area contributed by atoms with Crippen molar-refractivity contribution in [2.45, 2.75) is 18.9 Å². The van der Waals surface area contributed by atoms with Gasteiger partial charge in [0.1, 0.15) is 6.04 Å². The van der Waals surface area contributed by atoms with Crippen LogP contribution in [0, 0.1) is 0 Å². The zero-order chi connectivity index (χ0) is 15.9. The minimum atomic E-state index is -1.02. The summed E-state index contributed by atoms with van der Waals surface area (Å²) in [6.45, 7) is 0.474. The van der Waals surface area contributed by atoms with Crippen molar-refractivity contribution in [2.24, 2.45) is 5.73 Å². The average molecular weight is 302 g/mol. The molecule has 0 aliphatic carbocycles. The summed E-state index contributed by atoms with van der Waals surface area (Å²) in [7, 11) is 0. The largest absolute Gasteiger partial charge is 0.480 e. The highest BCUT2D eigenvalue weighted by molar-refractivity contribution is 5.72. The van der Waals surface area contributed by atoms with E-state index in [0.717, 1.165) is 5.56 Å². The van der Waals surface area contributed by atoms with Crippen LogP contribution in [0.15, 0.2) is 41.2 Å². The molecule has 0 radical (unpaired) electrons. The minimum Gasteiger partial charge on any atom is -0.480 e. The number of carbonyl (C=O) groups is 1. The number of anilines is 1. The van der Waals surface area contributed by atoms with Gasteiger partial charge in [0.2, 0.25) is 5.95 Å². The van der Waals surface area contributed by atoms with E-state index in [1.54, 1.807) is 0 Å². The number of benzene rings is 1. The van der Waals surface area contributed by atoms with E-state index in [4.69, 9.17) is 10.8 Å². The van der Waals surface area contributed by atoms with Crippen molar-refractivity contribution >= 4 is 11.9 Å². The molecule has 7 heteroatoms. The van der Waals surface area contributed by atoms with Gasteiger partial charge in [0.15, 0.2) is 0 Å². The molecule has 116 valence electrons. The third-order valence-corrected chi connectivity index (χ3v) is 3.11. The highest BCUT2D eigenvalue weighted by atomic mass is 16.4. The first-order chi connectivity index (χ1) is 10.6. The fraction of sp³-hybridized carbons (Fsp3) is 0.267. The normalized spacial score (nSPS) is 11.9. The van der Waals surface area contributed by atoms with Crippen molar-refractivity contribution in [3.63, 3.8) is 0 Å². The second-order valence-corrected chi connectivity index (χ2v) is 4.86. The van der Waals surface area contributed by atoms with Crippen LogP contribution in [-0.2, 0) is 4.79 Å². The van der Waals surface area contributed by atoms with Crippen LogP contribution in [0.5, 0.6) is 0 Å². The van der Waals surface area contributed by atoms with Crippen molar-refractivity contribution in [3.05, 3.63) is 46.8 Å². The molecule has 0 saturated heterocycles. The molecule has 0 bridgehead atoms. The van der Waals surface area contributed by atoms with Gasteiger partial charge in [0.25, 0.3) is 5.56 Å². The van der Waals surface area contributed by atoms with Gasteiger partial charge < -0.3 is 16.2 Å². The maximum Gasteiger partial charge on any atom is 0.320 e. The monoisotopic (exact) mass is 302 g/mol. The van der Waals surface area contributed by atoms with Crippen LogP contribution in [0.2, 0.25) is 0 Å². The minimum absolute atomic E-state index is 0.251. The Hall–Kier alpha value is -2.67. The number of rotatable bonds is 7. The zero-order valence-corrected chi connectivity index (χ0v) is 12.0. The molecule has 7 nitrogen and oxygen atoms in total. The van der Waals surface area contributed by atoms with Crippen LogP contribution in [0.4, 0.5) is 5.95 Å². The first-order valence-electron chi connectivity index (χ1n) is 6.95. The Morgan fingerprint density at radius 1 is 1.36 bits per heavy atom. The number of nitrogens with two attached hydrogens (primary N) is 1. The number of aromatic nitrogens is 2. The number of hydrogen-bond acceptors (Lipinski definition) is 5. The summed E-state index contributed by atoms with van der Waals surface area (Å²) in [6.07, 6.45) is 0.914. The van der Waals surface area contributed by atoms with E-state index in [1.807, 2.05) is 30.3 Å². The summed E-state index contributed by atoms with van der Waals surface area (Å²) in [5, 5.41) is 11.7. The van der Waals surface area contributed by atoms with Crippen molar-refractivity contribution in [1.29, 1.82) is 0 Å². The van der Waals surface area contributed by atoms with Crippen molar-refractivity contribution in [2.75, 3.05) is 11.9 Å². The Bertz CT molecular complexity index is 685. The van der Waals surface area contributed by atoms with Gasteiger partial charge in [-0.25, -0.2) is 4.98 Å². The molecule has 2 aromatic rings. The summed E-state index contributed by atoms with van der Waals surface area (Å²) in [5.74, 6) is -0.659. The van der Waals surface area contributed by atoms with E-state index in [0.29, 0.717) is 31.0 Å². The smallest absolute Gasteiger partial charge is 0.320 e. The number of H-pyrrole nitrogens is 1. The third-order valence-electron chi connectivity index (χ3n) is 3.11. The highest BCUT2D eigenvalue weighted by Crippen LogP contribution is 2.15. The van der Waals surface area contributed by atoms with Gasteiger partial charge in [-0.3, -0.25) is 14.6 Å².